The van der Waals surface area contributed by atoms with Crippen LogP contribution in [-0.2, 0) is 4.74 Å². The van der Waals surface area contributed by atoms with Crippen LogP contribution in [0.5, 0.6) is 0 Å². The summed E-state index contributed by atoms with van der Waals surface area (Å²) >= 11 is 0. The first kappa shape index (κ1) is 18.1. The van der Waals surface area contributed by atoms with Crippen LogP contribution in [0.2, 0.25) is 0 Å². The molecule has 1 amide bonds. The van der Waals surface area contributed by atoms with Gasteiger partial charge in [0.2, 0.25) is 0 Å². The number of aromatic nitrogens is 2. The van der Waals surface area contributed by atoms with Crippen molar-refractivity contribution in [3.63, 3.8) is 0 Å². The highest BCUT2D eigenvalue weighted by Crippen LogP contribution is 2.30. The molecule has 6 heteroatoms. The van der Waals surface area contributed by atoms with Crippen LogP contribution < -0.4 is 5.32 Å². The summed E-state index contributed by atoms with van der Waals surface area (Å²) in [6.45, 7) is 6.47. The van der Waals surface area contributed by atoms with E-state index in [0.29, 0.717) is 24.2 Å². The number of hydrogen-bond acceptors (Lipinski definition) is 5. The monoisotopic (exact) mass is 366 g/mol. The Kier molecular flexibility index (Phi) is 5.18. The Hall–Kier alpha value is -2.31. The SMILES string of the molecule is CC(C)c1nccc(C(=O)N[C@@H]2C[C@H]3CO[C@@H](c4ccccc4)CN3C2)n1. The minimum atomic E-state index is -0.121. The van der Waals surface area contributed by atoms with Crippen LogP contribution in [0.25, 0.3) is 0 Å². The third-order valence-corrected chi connectivity index (χ3v) is 5.35. The van der Waals surface area contributed by atoms with E-state index in [0.717, 1.165) is 19.5 Å². The molecule has 2 fully saturated rings. The zero-order valence-corrected chi connectivity index (χ0v) is 15.8. The summed E-state index contributed by atoms with van der Waals surface area (Å²) in [4.78, 5) is 23.7. The van der Waals surface area contributed by atoms with Gasteiger partial charge in [0.1, 0.15) is 11.5 Å². The Labute approximate surface area is 160 Å². The Morgan fingerprint density at radius 3 is 2.81 bits per heavy atom. The topological polar surface area (TPSA) is 67.3 Å². The lowest BCUT2D eigenvalue weighted by atomic mass is 10.1. The summed E-state index contributed by atoms with van der Waals surface area (Å²) < 4.78 is 6.08. The third-order valence-electron chi connectivity index (χ3n) is 5.35. The normalized spacial score (nSPS) is 25.4. The van der Waals surface area contributed by atoms with Crippen molar-refractivity contribution in [1.82, 2.24) is 20.2 Å². The summed E-state index contributed by atoms with van der Waals surface area (Å²) in [6, 6.07) is 12.5. The number of carbonyl (C=O) groups is 1. The standard InChI is InChI=1S/C21H26N4O2/c1-14(2)20-22-9-8-18(24-20)21(26)23-16-10-17-13-27-19(12-25(17)11-16)15-6-4-3-5-7-15/h3-9,14,16-17,19H,10-13H2,1-2H3,(H,23,26)/t16-,17+,19-/m1/s1. The van der Waals surface area contributed by atoms with Crippen LogP contribution in [-0.4, -0.2) is 52.6 Å². The first-order chi connectivity index (χ1) is 13.1. The minimum Gasteiger partial charge on any atom is -0.371 e. The first-order valence-corrected chi connectivity index (χ1v) is 9.64. The van der Waals surface area contributed by atoms with E-state index < -0.39 is 0 Å². The van der Waals surface area contributed by atoms with E-state index in [9.17, 15) is 4.79 Å². The number of nitrogens with zero attached hydrogens (tertiary/aromatic N) is 3. The van der Waals surface area contributed by atoms with Crippen molar-refractivity contribution in [2.75, 3.05) is 19.7 Å². The fraction of sp³-hybridized carbons (Fsp3) is 0.476. The van der Waals surface area contributed by atoms with Gasteiger partial charge >= 0.3 is 0 Å². The van der Waals surface area contributed by atoms with Gasteiger partial charge in [0.25, 0.3) is 5.91 Å². The van der Waals surface area contributed by atoms with Gasteiger partial charge in [-0.2, -0.15) is 0 Å². The molecule has 6 nitrogen and oxygen atoms in total. The van der Waals surface area contributed by atoms with Crippen molar-refractivity contribution in [3.8, 4) is 0 Å². The maximum absolute atomic E-state index is 12.6. The molecule has 3 atom stereocenters. The molecule has 2 aliphatic heterocycles. The molecule has 27 heavy (non-hydrogen) atoms. The lowest BCUT2D eigenvalue weighted by Crippen LogP contribution is -2.43. The van der Waals surface area contributed by atoms with Gasteiger partial charge in [-0.05, 0) is 18.1 Å². The quantitative estimate of drug-likeness (QED) is 0.901. The third kappa shape index (κ3) is 4.01. The van der Waals surface area contributed by atoms with E-state index in [2.05, 4.69) is 32.3 Å². The molecule has 1 aromatic carbocycles. The van der Waals surface area contributed by atoms with Crippen molar-refractivity contribution >= 4 is 5.91 Å². The maximum Gasteiger partial charge on any atom is 0.270 e. The van der Waals surface area contributed by atoms with E-state index in [4.69, 9.17) is 4.74 Å². The van der Waals surface area contributed by atoms with Crippen molar-refractivity contribution in [2.45, 2.75) is 44.4 Å². The van der Waals surface area contributed by atoms with Crippen LogP contribution in [0.1, 0.15) is 54.2 Å². The van der Waals surface area contributed by atoms with Crippen molar-refractivity contribution in [2.24, 2.45) is 0 Å². The second-order valence-corrected chi connectivity index (χ2v) is 7.70. The van der Waals surface area contributed by atoms with E-state index in [1.54, 1.807) is 12.3 Å². The lowest BCUT2D eigenvalue weighted by Gasteiger charge is -2.35. The van der Waals surface area contributed by atoms with E-state index in [1.165, 1.54) is 5.56 Å². The van der Waals surface area contributed by atoms with Crippen LogP contribution in [0.4, 0.5) is 0 Å². The average molecular weight is 366 g/mol. The zero-order valence-electron chi connectivity index (χ0n) is 15.8. The molecule has 2 aromatic rings. The van der Waals surface area contributed by atoms with E-state index in [1.807, 2.05) is 32.0 Å². The summed E-state index contributed by atoms with van der Waals surface area (Å²) in [5.74, 6) is 0.778. The molecule has 0 spiro atoms. The van der Waals surface area contributed by atoms with E-state index >= 15 is 0 Å². The van der Waals surface area contributed by atoms with E-state index in [-0.39, 0.29) is 24.0 Å². The highest BCUT2D eigenvalue weighted by Gasteiger charge is 2.38. The molecule has 1 aromatic heterocycles. The molecule has 0 aliphatic carbocycles. The highest BCUT2D eigenvalue weighted by molar-refractivity contribution is 5.92. The van der Waals surface area contributed by atoms with Crippen molar-refractivity contribution in [3.05, 3.63) is 59.7 Å². The summed E-state index contributed by atoms with van der Waals surface area (Å²) in [5, 5.41) is 3.15. The Morgan fingerprint density at radius 1 is 1.22 bits per heavy atom. The highest BCUT2D eigenvalue weighted by atomic mass is 16.5. The van der Waals surface area contributed by atoms with Crippen LogP contribution in [0.15, 0.2) is 42.6 Å². The number of morpholine rings is 1. The molecule has 142 valence electrons. The van der Waals surface area contributed by atoms with Gasteiger partial charge in [-0.3, -0.25) is 9.69 Å². The molecular formula is C21H26N4O2. The van der Waals surface area contributed by atoms with Crippen LogP contribution >= 0.6 is 0 Å². The minimum absolute atomic E-state index is 0.104. The predicted molar refractivity (Wildman–Crippen MR) is 102 cm³/mol. The molecule has 3 heterocycles. The second-order valence-electron chi connectivity index (χ2n) is 7.70. The Morgan fingerprint density at radius 2 is 2.04 bits per heavy atom. The van der Waals surface area contributed by atoms with Gasteiger partial charge in [-0.1, -0.05) is 44.2 Å². The van der Waals surface area contributed by atoms with Gasteiger partial charge in [-0.25, -0.2) is 9.97 Å². The van der Waals surface area contributed by atoms with Crippen LogP contribution in [0.3, 0.4) is 0 Å². The maximum atomic E-state index is 12.6. The molecule has 1 N–H and O–H groups in total. The summed E-state index contributed by atoms with van der Waals surface area (Å²) in [5.41, 5.74) is 1.66. The molecule has 0 radical (unpaired) electrons. The molecule has 2 aliphatic rings. The fourth-order valence-corrected chi connectivity index (χ4v) is 3.89. The van der Waals surface area contributed by atoms with Gasteiger partial charge in [-0.15, -0.1) is 0 Å². The lowest BCUT2D eigenvalue weighted by molar-refractivity contribution is -0.0502. The van der Waals surface area contributed by atoms with Crippen molar-refractivity contribution in [1.29, 1.82) is 0 Å². The Balaban J connectivity index is 1.37. The van der Waals surface area contributed by atoms with Gasteiger partial charge in [0, 0.05) is 37.3 Å². The number of hydrogen-bond donors (Lipinski definition) is 1. The second kappa shape index (κ2) is 7.74. The fourth-order valence-electron chi connectivity index (χ4n) is 3.89. The molecule has 2 saturated heterocycles. The van der Waals surface area contributed by atoms with Gasteiger partial charge < -0.3 is 10.1 Å². The number of carbonyl (C=O) groups excluding carboxylic acids is 1. The zero-order chi connectivity index (χ0) is 18.8. The first-order valence-electron chi connectivity index (χ1n) is 9.64. The molecule has 0 saturated carbocycles. The number of amides is 1. The largest absolute Gasteiger partial charge is 0.371 e. The number of ether oxygens (including phenoxy) is 1. The van der Waals surface area contributed by atoms with Crippen LogP contribution in [0, 0.1) is 0 Å². The molecule has 4 rings (SSSR count). The number of benzene rings is 1. The van der Waals surface area contributed by atoms with Gasteiger partial charge in [0.05, 0.1) is 12.7 Å². The van der Waals surface area contributed by atoms with Crippen molar-refractivity contribution < 1.29 is 9.53 Å². The summed E-state index contributed by atoms with van der Waals surface area (Å²) in [7, 11) is 0. The molecular weight excluding hydrogens is 340 g/mol. The molecule has 0 bridgehead atoms. The van der Waals surface area contributed by atoms with Gasteiger partial charge in [0.15, 0.2) is 0 Å². The Bertz CT molecular complexity index is 796. The smallest absolute Gasteiger partial charge is 0.270 e. The predicted octanol–water partition coefficient (Wildman–Crippen LogP) is 2.54. The number of nitrogens with one attached hydrogen (secondary N) is 1. The molecule has 0 unspecified atom stereocenters. The average Bonchev–Trinajstić information content (AvgIpc) is 3.10. The number of fused-ring (bicyclic) bond motifs is 1. The number of rotatable bonds is 4. The summed E-state index contributed by atoms with van der Waals surface area (Å²) in [6.07, 6.45) is 2.68.